The fraction of sp³-hybridized carbons (Fsp3) is 0.333. The molecule has 1 aliphatic carbocycles. The summed E-state index contributed by atoms with van der Waals surface area (Å²) in [6, 6.07) is 11.0. The Kier molecular flexibility index (Phi) is 4.71. The van der Waals surface area contributed by atoms with Crippen LogP contribution in [0.2, 0.25) is 0 Å². The van der Waals surface area contributed by atoms with Crippen molar-refractivity contribution in [2.45, 2.75) is 45.2 Å². The number of nitrogens with zero attached hydrogens (tertiary/aromatic N) is 3. The number of fused-ring (bicyclic) bond motifs is 1. The van der Waals surface area contributed by atoms with Gasteiger partial charge in [0.25, 0.3) is 11.5 Å². The highest BCUT2D eigenvalue weighted by molar-refractivity contribution is 5.94. The molecule has 1 N–H and O–H groups in total. The Hall–Kier alpha value is -3.02. The van der Waals surface area contributed by atoms with Crippen LogP contribution in [0.25, 0.3) is 22.4 Å². The Morgan fingerprint density at radius 2 is 1.93 bits per heavy atom. The van der Waals surface area contributed by atoms with E-state index in [2.05, 4.69) is 15.3 Å². The number of benzene rings is 1. The predicted molar refractivity (Wildman–Crippen MR) is 105 cm³/mol. The summed E-state index contributed by atoms with van der Waals surface area (Å²) in [6.07, 6.45) is 6.12. The Balaban J connectivity index is 1.66. The van der Waals surface area contributed by atoms with Crippen molar-refractivity contribution in [3.05, 3.63) is 58.5 Å². The largest absolute Gasteiger partial charge is 0.349 e. The Labute approximate surface area is 157 Å². The van der Waals surface area contributed by atoms with Crippen LogP contribution in [0.15, 0.2) is 47.4 Å². The fourth-order valence-corrected chi connectivity index (χ4v) is 3.68. The van der Waals surface area contributed by atoms with Crippen molar-refractivity contribution in [2.75, 3.05) is 0 Å². The van der Waals surface area contributed by atoms with Crippen LogP contribution in [0.4, 0.5) is 0 Å². The third-order valence-corrected chi connectivity index (χ3v) is 5.13. The summed E-state index contributed by atoms with van der Waals surface area (Å²) in [4.78, 5) is 34.0. The maximum atomic E-state index is 12.8. The van der Waals surface area contributed by atoms with Gasteiger partial charge in [-0.2, -0.15) is 0 Å². The van der Waals surface area contributed by atoms with Gasteiger partial charge in [-0.05, 0) is 44.0 Å². The monoisotopic (exact) mass is 362 g/mol. The van der Waals surface area contributed by atoms with Crippen LogP contribution in [-0.2, 0) is 6.54 Å². The maximum absolute atomic E-state index is 12.8. The van der Waals surface area contributed by atoms with Crippen LogP contribution in [0.5, 0.6) is 0 Å². The highest BCUT2D eigenvalue weighted by atomic mass is 16.1. The lowest BCUT2D eigenvalue weighted by Gasteiger charge is -2.12. The van der Waals surface area contributed by atoms with Gasteiger partial charge in [-0.3, -0.25) is 14.2 Å². The second-order valence-electron chi connectivity index (χ2n) is 6.89. The van der Waals surface area contributed by atoms with Crippen molar-refractivity contribution in [3.8, 4) is 11.3 Å². The van der Waals surface area contributed by atoms with Gasteiger partial charge in [-0.25, -0.2) is 9.97 Å². The molecule has 3 aromatic rings. The van der Waals surface area contributed by atoms with Gasteiger partial charge in [0.1, 0.15) is 11.2 Å². The van der Waals surface area contributed by atoms with Gasteiger partial charge < -0.3 is 5.32 Å². The van der Waals surface area contributed by atoms with E-state index in [-0.39, 0.29) is 17.5 Å². The van der Waals surface area contributed by atoms with E-state index in [0.717, 1.165) is 12.8 Å². The number of carbonyl (C=O) groups excluding carboxylic acids is 1. The van der Waals surface area contributed by atoms with E-state index in [1.54, 1.807) is 41.1 Å². The summed E-state index contributed by atoms with van der Waals surface area (Å²) in [5.74, 6) is -0.0601. The molecule has 0 unspecified atom stereocenters. The van der Waals surface area contributed by atoms with Crippen molar-refractivity contribution < 1.29 is 4.79 Å². The summed E-state index contributed by atoms with van der Waals surface area (Å²) in [5.41, 5.74) is 2.76. The molecule has 138 valence electrons. The molecule has 2 aromatic heterocycles. The van der Waals surface area contributed by atoms with Gasteiger partial charge in [0.15, 0.2) is 5.65 Å². The highest BCUT2D eigenvalue weighted by Gasteiger charge is 2.18. The van der Waals surface area contributed by atoms with Crippen LogP contribution < -0.4 is 10.9 Å². The first-order valence-electron chi connectivity index (χ1n) is 9.44. The van der Waals surface area contributed by atoms with Gasteiger partial charge in [0, 0.05) is 29.9 Å². The van der Waals surface area contributed by atoms with E-state index in [1.807, 2.05) is 13.0 Å². The van der Waals surface area contributed by atoms with Crippen LogP contribution in [0.1, 0.15) is 43.0 Å². The van der Waals surface area contributed by atoms with Crippen LogP contribution in [0, 0.1) is 0 Å². The molecule has 0 spiro atoms. The number of nitrogens with one attached hydrogen (secondary N) is 1. The van der Waals surface area contributed by atoms with E-state index in [9.17, 15) is 9.59 Å². The SMILES string of the molecule is CCn1c(=O)c(-c2ccc(C(=O)NC3CCCC3)cc2)nc2cccnc21. The number of amides is 1. The molecule has 1 aromatic carbocycles. The molecule has 0 radical (unpaired) electrons. The topological polar surface area (TPSA) is 76.9 Å². The van der Waals surface area contributed by atoms with E-state index in [0.29, 0.717) is 34.5 Å². The number of rotatable bonds is 4. The number of hydrogen-bond acceptors (Lipinski definition) is 4. The molecule has 1 amide bonds. The van der Waals surface area contributed by atoms with E-state index in [4.69, 9.17) is 0 Å². The molecule has 1 saturated carbocycles. The summed E-state index contributed by atoms with van der Waals surface area (Å²) >= 11 is 0. The Bertz CT molecular complexity index is 1030. The maximum Gasteiger partial charge on any atom is 0.278 e. The lowest BCUT2D eigenvalue weighted by atomic mass is 10.1. The summed E-state index contributed by atoms with van der Waals surface area (Å²) < 4.78 is 1.62. The molecule has 27 heavy (non-hydrogen) atoms. The zero-order valence-electron chi connectivity index (χ0n) is 15.3. The number of hydrogen-bond donors (Lipinski definition) is 1. The van der Waals surface area contributed by atoms with E-state index >= 15 is 0 Å². The van der Waals surface area contributed by atoms with Crippen molar-refractivity contribution in [3.63, 3.8) is 0 Å². The zero-order valence-corrected chi connectivity index (χ0v) is 15.3. The zero-order chi connectivity index (χ0) is 18.8. The summed E-state index contributed by atoms with van der Waals surface area (Å²) in [6.45, 7) is 2.43. The molecular weight excluding hydrogens is 340 g/mol. The normalized spacial score (nSPS) is 14.6. The quantitative estimate of drug-likeness (QED) is 0.773. The van der Waals surface area contributed by atoms with E-state index < -0.39 is 0 Å². The highest BCUT2D eigenvalue weighted by Crippen LogP contribution is 2.20. The predicted octanol–water partition coefficient (Wildman–Crippen LogP) is 3.15. The summed E-state index contributed by atoms with van der Waals surface area (Å²) in [5, 5.41) is 3.08. The molecule has 0 bridgehead atoms. The lowest BCUT2D eigenvalue weighted by Crippen LogP contribution is -2.32. The molecule has 1 aliphatic rings. The van der Waals surface area contributed by atoms with Gasteiger partial charge in [-0.15, -0.1) is 0 Å². The standard InChI is InChI=1S/C21H22N4O2/c1-2-25-19-17(8-5-13-22-19)24-18(21(25)27)14-9-11-15(12-10-14)20(26)23-16-6-3-4-7-16/h5,8-13,16H,2-4,6-7H2,1H3,(H,23,26). The Morgan fingerprint density at radius 1 is 1.19 bits per heavy atom. The van der Waals surface area contributed by atoms with Crippen LogP contribution >= 0.6 is 0 Å². The van der Waals surface area contributed by atoms with Crippen LogP contribution in [-0.4, -0.2) is 26.5 Å². The molecule has 2 heterocycles. The first kappa shape index (κ1) is 17.4. The molecule has 1 fully saturated rings. The first-order valence-corrected chi connectivity index (χ1v) is 9.44. The van der Waals surface area contributed by atoms with E-state index in [1.165, 1.54) is 12.8 Å². The minimum atomic E-state index is -0.174. The molecular formula is C21H22N4O2. The van der Waals surface area contributed by atoms with Crippen molar-refractivity contribution in [1.29, 1.82) is 0 Å². The van der Waals surface area contributed by atoms with Gasteiger partial charge in [0.2, 0.25) is 0 Å². The van der Waals surface area contributed by atoms with Gasteiger partial charge >= 0.3 is 0 Å². The first-order chi connectivity index (χ1) is 13.2. The molecule has 0 saturated heterocycles. The number of aryl methyl sites for hydroxylation is 1. The minimum Gasteiger partial charge on any atom is -0.349 e. The third-order valence-electron chi connectivity index (χ3n) is 5.13. The molecule has 6 heteroatoms. The number of carbonyl (C=O) groups is 1. The van der Waals surface area contributed by atoms with Crippen molar-refractivity contribution in [1.82, 2.24) is 19.9 Å². The van der Waals surface area contributed by atoms with Gasteiger partial charge in [-0.1, -0.05) is 25.0 Å². The van der Waals surface area contributed by atoms with Crippen molar-refractivity contribution in [2.24, 2.45) is 0 Å². The lowest BCUT2D eigenvalue weighted by molar-refractivity contribution is 0.0938. The van der Waals surface area contributed by atoms with Gasteiger partial charge in [0.05, 0.1) is 0 Å². The van der Waals surface area contributed by atoms with Crippen molar-refractivity contribution >= 4 is 17.1 Å². The third kappa shape index (κ3) is 3.35. The number of aromatic nitrogens is 3. The Morgan fingerprint density at radius 3 is 2.63 bits per heavy atom. The second kappa shape index (κ2) is 7.31. The average molecular weight is 362 g/mol. The summed E-state index contributed by atoms with van der Waals surface area (Å²) in [7, 11) is 0. The minimum absolute atomic E-state index is 0.0601. The van der Waals surface area contributed by atoms with Crippen LogP contribution in [0.3, 0.4) is 0 Å². The molecule has 6 nitrogen and oxygen atoms in total. The molecule has 4 rings (SSSR count). The average Bonchev–Trinajstić information content (AvgIpc) is 3.21. The smallest absolute Gasteiger partial charge is 0.278 e. The molecule has 0 aliphatic heterocycles. The molecule has 0 atom stereocenters. The fourth-order valence-electron chi connectivity index (χ4n) is 3.68. The second-order valence-corrected chi connectivity index (χ2v) is 6.89. The number of pyridine rings is 1.